The number of furan rings is 1. The number of fused-ring (bicyclic) bond motifs is 5. The van der Waals surface area contributed by atoms with E-state index in [2.05, 4.69) is 66.7 Å². The second-order valence-electron chi connectivity index (χ2n) is 10.1. The number of hydrogen-bond donors (Lipinski definition) is 0. The lowest BCUT2D eigenvalue weighted by Gasteiger charge is -2.10. The maximum Gasteiger partial charge on any atom is 0.160 e. The van der Waals surface area contributed by atoms with Gasteiger partial charge in [-0.15, -0.1) is 0 Å². The molecule has 0 amide bonds. The standard InChI is InChI=1S/C37H23N3O/c1-3-11-24(12-4-1)31-23-32(25-13-5-2-6-14-25)40-37(39-31)27-21-19-26(20-22-27)35-34-29-16-8-10-18-33(29)41-36(34)28-15-7-9-17-30(28)38-35/h1-23H. The Hall–Kier alpha value is -5.61. The molecule has 4 nitrogen and oxygen atoms in total. The molecule has 0 aliphatic carbocycles. The summed E-state index contributed by atoms with van der Waals surface area (Å²) >= 11 is 0. The molecule has 0 saturated carbocycles. The third-order valence-electron chi connectivity index (χ3n) is 7.50. The number of hydrogen-bond acceptors (Lipinski definition) is 4. The van der Waals surface area contributed by atoms with Gasteiger partial charge in [0.15, 0.2) is 5.82 Å². The summed E-state index contributed by atoms with van der Waals surface area (Å²) in [5, 5.41) is 3.10. The monoisotopic (exact) mass is 525 g/mol. The summed E-state index contributed by atoms with van der Waals surface area (Å²) in [6.45, 7) is 0. The summed E-state index contributed by atoms with van der Waals surface area (Å²) in [7, 11) is 0. The van der Waals surface area contributed by atoms with Crippen molar-refractivity contribution in [3.05, 3.63) is 140 Å². The molecule has 0 N–H and O–H groups in total. The van der Waals surface area contributed by atoms with Crippen LogP contribution in [0.15, 0.2) is 144 Å². The third-order valence-corrected chi connectivity index (χ3v) is 7.50. The molecule has 0 fully saturated rings. The largest absolute Gasteiger partial charge is 0.455 e. The van der Waals surface area contributed by atoms with Crippen molar-refractivity contribution in [2.24, 2.45) is 0 Å². The van der Waals surface area contributed by atoms with Crippen molar-refractivity contribution in [2.75, 3.05) is 0 Å². The summed E-state index contributed by atoms with van der Waals surface area (Å²) in [4.78, 5) is 15.1. The van der Waals surface area contributed by atoms with Gasteiger partial charge in [-0.05, 0) is 24.3 Å². The number of rotatable bonds is 4. The van der Waals surface area contributed by atoms with E-state index in [1.807, 2.05) is 72.8 Å². The highest BCUT2D eigenvalue weighted by atomic mass is 16.3. The normalized spacial score (nSPS) is 11.4. The van der Waals surface area contributed by atoms with Crippen LogP contribution in [0.2, 0.25) is 0 Å². The minimum Gasteiger partial charge on any atom is -0.455 e. The molecule has 0 aliphatic heterocycles. The van der Waals surface area contributed by atoms with Crippen LogP contribution in [-0.4, -0.2) is 15.0 Å². The fourth-order valence-corrected chi connectivity index (χ4v) is 5.49. The quantitative estimate of drug-likeness (QED) is 0.230. The Morgan fingerprint density at radius 3 is 1.68 bits per heavy atom. The lowest BCUT2D eigenvalue weighted by atomic mass is 10.0. The van der Waals surface area contributed by atoms with Crippen LogP contribution in [0, 0.1) is 0 Å². The molecule has 0 saturated heterocycles. The Morgan fingerprint density at radius 1 is 0.439 bits per heavy atom. The van der Waals surface area contributed by atoms with E-state index in [0.717, 1.165) is 72.2 Å². The molecule has 0 radical (unpaired) electrons. The minimum atomic E-state index is 0.683. The van der Waals surface area contributed by atoms with Gasteiger partial charge in [-0.25, -0.2) is 15.0 Å². The van der Waals surface area contributed by atoms with E-state index < -0.39 is 0 Å². The van der Waals surface area contributed by atoms with E-state index in [9.17, 15) is 0 Å². The molecule has 3 heterocycles. The van der Waals surface area contributed by atoms with Gasteiger partial charge in [0.05, 0.1) is 28.0 Å². The van der Waals surface area contributed by atoms with Gasteiger partial charge < -0.3 is 4.42 Å². The van der Waals surface area contributed by atoms with Crippen molar-refractivity contribution < 1.29 is 4.42 Å². The van der Waals surface area contributed by atoms with Crippen LogP contribution in [0.1, 0.15) is 0 Å². The van der Waals surface area contributed by atoms with Crippen molar-refractivity contribution in [3.8, 4) is 45.2 Å². The maximum absolute atomic E-state index is 6.37. The molecule has 5 aromatic carbocycles. The number of aromatic nitrogens is 3. The second kappa shape index (κ2) is 9.54. The molecule has 0 aliphatic rings. The summed E-state index contributed by atoms with van der Waals surface area (Å²) < 4.78 is 6.37. The SMILES string of the molecule is c1ccc(-c2cc(-c3ccccc3)nc(-c3ccc(-c4nc5ccccc5c5oc6ccccc6c45)cc3)n2)cc1. The first kappa shape index (κ1) is 23.3. The van der Waals surface area contributed by atoms with Crippen LogP contribution in [0.5, 0.6) is 0 Å². The Kier molecular flexibility index (Phi) is 5.42. The van der Waals surface area contributed by atoms with Crippen molar-refractivity contribution >= 4 is 32.8 Å². The van der Waals surface area contributed by atoms with Gasteiger partial charge in [0.25, 0.3) is 0 Å². The Bertz CT molecular complexity index is 2130. The predicted molar refractivity (Wildman–Crippen MR) is 166 cm³/mol. The maximum atomic E-state index is 6.37. The van der Waals surface area contributed by atoms with Crippen molar-refractivity contribution in [2.45, 2.75) is 0 Å². The number of pyridine rings is 1. The molecule has 8 aromatic rings. The van der Waals surface area contributed by atoms with Gasteiger partial charge in [0.1, 0.15) is 11.2 Å². The minimum absolute atomic E-state index is 0.683. The molecule has 41 heavy (non-hydrogen) atoms. The Morgan fingerprint density at radius 2 is 1.00 bits per heavy atom. The average molecular weight is 526 g/mol. The summed E-state index contributed by atoms with van der Waals surface area (Å²) in [5.74, 6) is 0.683. The molecule has 8 rings (SSSR count). The van der Waals surface area contributed by atoms with Crippen molar-refractivity contribution in [3.63, 3.8) is 0 Å². The summed E-state index contributed by atoms with van der Waals surface area (Å²) in [6.07, 6.45) is 0. The summed E-state index contributed by atoms with van der Waals surface area (Å²) in [5.41, 5.74) is 9.38. The second-order valence-corrected chi connectivity index (χ2v) is 10.1. The predicted octanol–water partition coefficient (Wildman–Crippen LogP) is 9.59. The van der Waals surface area contributed by atoms with E-state index >= 15 is 0 Å². The zero-order valence-electron chi connectivity index (χ0n) is 22.0. The number of para-hydroxylation sites is 2. The van der Waals surface area contributed by atoms with Gasteiger partial charge in [0.2, 0.25) is 0 Å². The third kappa shape index (κ3) is 4.05. The molecule has 4 heteroatoms. The van der Waals surface area contributed by atoms with Crippen LogP contribution >= 0.6 is 0 Å². The highest BCUT2D eigenvalue weighted by molar-refractivity contribution is 6.19. The Labute approximate surface area is 236 Å². The first-order valence-electron chi connectivity index (χ1n) is 13.6. The van der Waals surface area contributed by atoms with Gasteiger partial charge in [-0.3, -0.25) is 0 Å². The van der Waals surface area contributed by atoms with E-state index in [4.69, 9.17) is 19.4 Å². The lowest BCUT2D eigenvalue weighted by molar-refractivity contribution is 0.672. The first-order valence-corrected chi connectivity index (χ1v) is 13.6. The highest BCUT2D eigenvalue weighted by Gasteiger charge is 2.18. The molecular weight excluding hydrogens is 502 g/mol. The van der Waals surface area contributed by atoms with E-state index in [1.54, 1.807) is 0 Å². The average Bonchev–Trinajstić information content (AvgIpc) is 3.45. The van der Waals surface area contributed by atoms with E-state index in [0.29, 0.717) is 5.82 Å². The Balaban J connectivity index is 1.29. The van der Waals surface area contributed by atoms with Crippen LogP contribution < -0.4 is 0 Å². The molecule has 0 unspecified atom stereocenters. The van der Waals surface area contributed by atoms with Crippen LogP contribution in [-0.2, 0) is 0 Å². The van der Waals surface area contributed by atoms with Crippen LogP contribution in [0.3, 0.4) is 0 Å². The van der Waals surface area contributed by atoms with Crippen molar-refractivity contribution in [1.82, 2.24) is 15.0 Å². The van der Waals surface area contributed by atoms with Crippen molar-refractivity contribution in [1.29, 1.82) is 0 Å². The van der Waals surface area contributed by atoms with E-state index in [-0.39, 0.29) is 0 Å². The van der Waals surface area contributed by atoms with Crippen LogP contribution in [0.4, 0.5) is 0 Å². The first-order chi connectivity index (χ1) is 20.3. The van der Waals surface area contributed by atoms with Crippen LogP contribution in [0.25, 0.3) is 78.0 Å². The van der Waals surface area contributed by atoms with Gasteiger partial charge in [-0.2, -0.15) is 0 Å². The molecule has 192 valence electrons. The molecule has 0 bridgehead atoms. The zero-order valence-corrected chi connectivity index (χ0v) is 22.0. The smallest absolute Gasteiger partial charge is 0.160 e. The summed E-state index contributed by atoms with van der Waals surface area (Å²) in [6, 6.07) is 47.2. The molecular formula is C37H23N3O. The van der Waals surface area contributed by atoms with Gasteiger partial charge >= 0.3 is 0 Å². The fourth-order valence-electron chi connectivity index (χ4n) is 5.49. The lowest BCUT2D eigenvalue weighted by Crippen LogP contribution is -1.96. The molecule has 0 atom stereocenters. The van der Waals surface area contributed by atoms with Gasteiger partial charge in [0, 0.05) is 33.0 Å². The topological polar surface area (TPSA) is 51.8 Å². The highest BCUT2D eigenvalue weighted by Crippen LogP contribution is 2.39. The number of benzene rings is 5. The van der Waals surface area contributed by atoms with E-state index in [1.165, 1.54) is 0 Å². The van der Waals surface area contributed by atoms with Gasteiger partial charge in [-0.1, -0.05) is 115 Å². The zero-order chi connectivity index (χ0) is 27.2. The molecule has 0 spiro atoms. The molecule has 3 aromatic heterocycles. The number of nitrogens with zero attached hydrogens (tertiary/aromatic N) is 3. The fraction of sp³-hybridized carbons (Fsp3) is 0.